The zero-order valence-corrected chi connectivity index (χ0v) is 14.7. The zero-order valence-electron chi connectivity index (χ0n) is 14.7. The van der Waals surface area contributed by atoms with Gasteiger partial charge in [0.2, 0.25) is 5.69 Å². The van der Waals surface area contributed by atoms with Crippen molar-refractivity contribution < 1.29 is 14.2 Å². The molecule has 0 amide bonds. The lowest BCUT2D eigenvalue weighted by atomic mass is 10.0. The van der Waals surface area contributed by atoms with Crippen LogP contribution in [0.5, 0.6) is 0 Å². The number of hydrogen-bond donors (Lipinski definition) is 0. The van der Waals surface area contributed by atoms with Crippen LogP contribution in [0.3, 0.4) is 0 Å². The summed E-state index contributed by atoms with van der Waals surface area (Å²) in [5.74, 6) is 0.0902. The van der Waals surface area contributed by atoms with Crippen molar-refractivity contribution in [1.29, 1.82) is 0 Å². The van der Waals surface area contributed by atoms with Gasteiger partial charge < -0.3 is 4.74 Å². The van der Waals surface area contributed by atoms with Crippen LogP contribution < -0.4 is 4.68 Å². The highest BCUT2D eigenvalue weighted by molar-refractivity contribution is 5.98. The third-order valence-corrected chi connectivity index (χ3v) is 4.65. The second-order valence-corrected chi connectivity index (χ2v) is 7.04. The highest BCUT2D eigenvalue weighted by atomic mass is 16.5. The quantitative estimate of drug-likeness (QED) is 0.537. The molecule has 1 aromatic heterocycles. The topological polar surface area (TPSA) is 35.1 Å². The van der Waals surface area contributed by atoms with Gasteiger partial charge in [-0.15, -0.1) is 4.68 Å². The molecule has 0 saturated carbocycles. The Bertz CT molecular complexity index is 926. The first-order valence-electron chi connectivity index (χ1n) is 8.94. The molecule has 4 nitrogen and oxygen atoms in total. The van der Waals surface area contributed by atoms with Crippen molar-refractivity contribution in [1.82, 2.24) is 4.68 Å². The maximum Gasteiger partial charge on any atom is 0.338 e. The SMILES string of the molecule is CC(C)COC(=O)c1ccc2c(c1)c(-c1ccccc1)[n+]1n2CCC1. The molecule has 0 spiro atoms. The third kappa shape index (κ3) is 2.82. The lowest BCUT2D eigenvalue weighted by Gasteiger charge is -2.07. The molecule has 0 saturated heterocycles. The van der Waals surface area contributed by atoms with Crippen molar-refractivity contribution in [2.75, 3.05) is 6.61 Å². The molecule has 1 aliphatic heterocycles. The minimum atomic E-state index is -0.244. The Hall–Kier alpha value is -2.62. The fourth-order valence-corrected chi connectivity index (χ4v) is 3.54. The molecular formula is C21H23N2O2+. The summed E-state index contributed by atoms with van der Waals surface area (Å²) in [6.45, 7) is 6.55. The largest absolute Gasteiger partial charge is 0.462 e. The average Bonchev–Trinajstić information content (AvgIpc) is 3.20. The van der Waals surface area contributed by atoms with Crippen LogP contribution in [-0.2, 0) is 17.8 Å². The normalized spacial score (nSPS) is 13.4. The summed E-state index contributed by atoms with van der Waals surface area (Å²) in [7, 11) is 0. The van der Waals surface area contributed by atoms with Gasteiger partial charge in [-0.3, -0.25) is 0 Å². The molecule has 2 aromatic carbocycles. The van der Waals surface area contributed by atoms with E-state index in [4.69, 9.17) is 4.74 Å². The standard InChI is InChI=1S/C21H23N2O2/c1-15(2)14-25-21(24)17-9-10-19-18(13-17)20(16-7-4-3-5-8-16)23-12-6-11-22(19)23/h3-5,7-10,13,15H,6,11-12,14H2,1-2H3/q+1. The van der Waals surface area contributed by atoms with Gasteiger partial charge in [-0.2, -0.15) is 4.68 Å². The number of rotatable bonds is 4. The van der Waals surface area contributed by atoms with Gasteiger partial charge in [0.05, 0.1) is 24.1 Å². The highest BCUT2D eigenvalue weighted by Gasteiger charge is 2.30. The van der Waals surface area contributed by atoms with Crippen molar-refractivity contribution in [3.63, 3.8) is 0 Å². The van der Waals surface area contributed by atoms with Crippen molar-refractivity contribution in [3.8, 4) is 11.3 Å². The predicted octanol–water partition coefficient (Wildman–Crippen LogP) is 3.81. The molecule has 2 heterocycles. The van der Waals surface area contributed by atoms with Crippen molar-refractivity contribution in [2.24, 2.45) is 5.92 Å². The van der Waals surface area contributed by atoms with E-state index in [1.165, 1.54) is 16.8 Å². The minimum absolute atomic E-state index is 0.244. The van der Waals surface area contributed by atoms with Crippen LogP contribution in [0.25, 0.3) is 22.2 Å². The lowest BCUT2D eigenvalue weighted by molar-refractivity contribution is -0.745. The second kappa shape index (κ2) is 6.36. The Morgan fingerprint density at radius 3 is 2.76 bits per heavy atom. The van der Waals surface area contributed by atoms with Crippen molar-refractivity contribution in [2.45, 2.75) is 33.4 Å². The number of hydrogen-bond acceptors (Lipinski definition) is 2. The molecule has 0 bridgehead atoms. The smallest absolute Gasteiger partial charge is 0.338 e. The summed E-state index contributed by atoms with van der Waals surface area (Å²) in [5.41, 5.74) is 4.17. The summed E-state index contributed by atoms with van der Waals surface area (Å²) in [4.78, 5) is 12.4. The van der Waals surface area contributed by atoms with E-state index in [9.17, 15) is 4.79 Å². The number of ether oxygens (including phenoxy) is 1. The van der Waals surface area contributed by atoms with Gasteiger partial charge >= 0.3 is 5.97 Å². The maximum absolute atomic E-state index is 12.4. The Morgan fingerprint density at radius 2 is 2.00 bits per heavy atom. The van der Waals surface area contributed by atoms with E-state index in [0.29, 0.717) is 18.1 Å². The predicted molar refractivity (Wildman–Crippen MR) is 97.3 cm³/mol. The van der Waals surface area contributed by atoms with Crippen LogP contribution in [0, 0.1) is 5.92 Å². The number of esters is 1. The molecule has 128 valence electrons. The molecule has 0 fully saturated rings. The van der Waals surface area contributed by atoms with Crippen LogP contribution in [-0.4, -0.2) is 17.3 Å². The molecule has 0 atom stereocenters. The van der Waals surface area contributed by atoms with E-state index in [-0.39, 0.29) is 5.97 Å². The number of nitrogens with zero attached hydrogens (tertiary/aromatic N) is 2. The van der Waals surface area contributed by atoms with E-state index in [1.807, 2.05) is 32.0 Å². The van der Waals surface area contributed by atoms with E-state index >= 15 is 0 Å². The summed E-state index contributed by atoms with van der Waals surface area (Å²) in [6.07, 6.45) is 1.15. The van der Waals surface area contributed by atoms with Gasteiger partial charge in [0.15, 0.2) is 6.54 Å². The zero-order chi connectivity index (χ0) is 17.4. The Kier molecular flexibility index (Phi) is 4.04. The van der Waals surface area contributed by atoms with Gasteiger partial charge in [-0.25, -0.2) is 4.79 Å². The number of aromatic nitrogens is 2. The Balaban J connectivity index is 1.83. The second-order valence-electron chi connectivity index (χ2n) is 7.04. The Labute approximate surface area is 147 Å². The molecule has 0 radical (unpaired) electrons. The van der Waals surface area contributed by atoms with Crippen LogP contribution in [0.15, 0.2) is 48.5 Å². The maximum atomic E-state index is 12.4. The number of fused-ring (bicyclic) bond motifs is 3. The van der Waals surface area contributed by atoms with Gasteiger partial charge in [-0.1, -0.05) is 32.0 Å². The molecule has 4 rings (SSSR count). The summed E-state index contributed by atoms with van der Waals surface area (Å²) < 4.78 is 10.1. The first kappa shape index (κ1) is 15.9. The first-order valence-corrected chi connectivity index (χ1v) is 8.94. The van der Waals surface area contributed by atoms with Crippen LogP contribution in [0.1, 0.15) is 30.6 Å². The fraction of sp³-hybridized carbons (Fsp3) is 0.333. The molecule has 0 N–H and O–H groups in total. The van der Waals surface area contributed by atoms with Crippen molar-refractivity contribution >= 4 is 16.9 Å². The van der Waals surface area contributed by atoms with Gasteiger partial charge in [0, 0.05) is 12.0 Å². The molecule has 0 unspecified atom stereocenters. The van der Waals surface area contributed by atoms with E-state index in [1.54, 1.807) is 0 Å². The lowest BCUT2D eigenvalue weighted by Crippen LogP contribution is -2.38. The summed E-state index contributed by atoms with van der Waals surface area (Å²) >= 11 is 0. The summed E-state index contributed by atoms with van der Waals surface area (Å²) in [5, 5.41) is 1.12. The number of carbonyl (C=O) groups excluding carboxylic acids is 1. The van der Waals surface area contributed by atoms with Crippen molar-refractivity contribution in [3.05, 3.63) is 54.1 Å². The van der Waals surface area contributed by atoms with Gasteiger partial charge in [-0.05, 0) is 36.2 Å². The van der Waals surface area contributed by atoms with Gasteiger partial charge in [0.25, 0.3) is 0 Å². The molecule has 1 aliphatic rings. The molecule has 0 aliphatic carbocycles. The molecular weight excluding hydrogens is 312 g/mol. The third-order valence-electron chi connectivity index (χ3n) is 4.65. The number of aryl methyl sites for hydroxylation is 1. The minimum Gasteiger partial charge on any atom is -0.462 e. The fourth-order valence-electron chi connectivity index (χ4n) is 3.54. The van der Waals surface area contributed by atoms with E-state index < -0.39 is 0 Å². The number of carbonyl (C=O) groups is 1. The monoisotopic (exact) mass is 335 g/mol. The van der Waals surface area contributed by atoms with Crippen LogP contribution in [0.4, 0.5) is 0 Å². The highest BCUT2D eigenvalue weighted by Crippen LogP contribution is 2.29. The molecule has 3 aromatic rings. The van der Waals surface area contributed by atoms with Gasteiger partial charge in [0.1, 0.15) is 5.52 Å². The van der Waals surface area contributed by atoms with E-state index in [0.717, 1.165) is 24.9 Å². The van der Waals surface area contributed by atoms with Crippen LogP contribution >= 0.6 is 0 Å². The number of benzene rings is 2. The van der Waals surface area contributed by atoms with E-state index in [2.05, 4.69) is 39.7 Å². The molecule has 4 heteroatoms. The average molecular weight is 335 g/mol. The van der Waals surface area contributed by atoms with Crippen LogP contribution in [0.2, 0.25) is 0 Å². The Morgan fingerprint density at radius 1 is 1.20 bits per heavy atom. The molecule has 25 heavy (non-hydrogen) atoms. The summed E-state index contributed by atoms with van der Waals surface area (Å²) in [6, 6.07) is 16.3. The first-order chi connectivity index (χ1) is 12.1.